The summed E-state index contributed by atoms with van der Waals surface area (Å²) in [6.07, 6.45) is 9.19. The molecule has 1 rings (SSSR count). The molecule has 0 spiro atoms. The Morgan fingerprint density at radius 3 is 2.90 bits per heavy atom. The topological polar surface area (TPSA) is 67.0 Å². The molecule has 0 saturated carbocycles. The number of anilines is 1. The van der Waals surface area contributed by atoms with Gasteiger partial charge in [0.1, 0.15) is 0 Å². The van der Waals surface area contributed by atoms with Crippen molar-refractivity contribution in [3.05, 3.63) is 11.9 Å². The van der Waals surface area contributed by atoms with Crippen LogP contribution in [0.3, 0.4) is 0 Å². The van der Waals surface area contributed by atoms with Crippen LogP contribution in [0.2, 0.25) is 0 Å². The van der Waals surface area contributed by atoms with Crippen molar-refractivity contribution in [1.82, 2.24) is 9.97 Å². The second kappa shape index (κ2) is 10.3. The molecule has 0 amide bonds. The lowest BCUT2D eigenvalue weighted by Gasteiger charge is -2.03. The van der Waals surface area contributed by atoms with Crippen molar-refractivity contribution in [2.45, 2.75) is 58.8 Å². The number of aromatic amines is 1. The third-order valence-corrected chi connectivity index (χ3v) is 3.08. The summed E-state index contributed by atoms with van der Waals surface area (Å²) in [4.78, 5) is 18.7. The van der Waals surface area contributed by atoms with Gasteiger partial charge in [-0.3, -0.25) is 4.79 Å². The minimum atomic E-state index is -0.134. The summed E-state index contributed by atoms with van der Waals surface area (Å²) >= 11 is 0. The zero-order valence-corrected chi connectivity index (χ0v) is 12.7. The van der Waals surface area contributed by atoms with Gasteiger partial charge in [-0.05, 0) is 26.2 Å². The number of hydrogen-bond donors (Lipinski definition) is 2. The first-order chi connectivity index (χ1) is 9.76. The molecule has 0 aliphatic heterocycles. The molecule has 0 fully saturated rings. The highest BCUT2D eigenvalue weighted by Gasteiger charge is 2.02. The Bertz CT molecular complexity index is 377. The molecule has 0 atom stereocenters. The minimum absolute atomic E-state index is 0.134. The van der Waals surface area contributed by atoms with Gasteiger partial charge in [0.05, 0.1) is 12.8 Å². The molecule has 0 aliphatic rings. The maximum absolute atomic E-state index is 11.2. The number of H-pyrrole nitrogens is 1. The van der Waals surface area contributed by atoms with Gasteiger partial charge in [-0.2, -0.15) is 0 Å². The zero-order chi connectivity index (χ0) is 14.6. The molecule has 1 aromatic heterocycles. The molecule has 0 radical (unpaired) electrons. The van der Waals surface area contributed by atoms with Gasteiger partial charge in [-0.25, -0.2) is 4.98 Å². The number of nitrogens with one attached hydrogen (secondary N) is 2. The van der Waals surface area contributed by atoms with Gasteiger partial charge in [-0.15, -0.1) is 0 Å². The number of carbonyl (C=O) groups is 1. The van der Waals surface area contributed by atoms with Crippen molar-refractivity contribution in [2.75, 3.05) is 18.5 Å². The van der Waals surface area contributed by atoms with Crippen LogP contribution in [0.5, 0.6) is 0 Å². The summed E-state index contributed by atoms with van der Waals surface area (Å²) in [5, 5.41) is 3.19. The van der Waals surface area contributed by atoms with E-state index in [1.807, 2.05) is 13.1 Å². The van der Waals surface area contributed by atoms with E-state index in [1.165, 1.54) is 31.4 Å². The van der Waals surface area contributed by atoms with Gasteiger partial charge in [0, 0.05) is 18.7 Å². The number of rotatable bonds is 11. The average molecular weight is 281 g/mol. The summed E-state index contributed by atoms with van der Waals surface area (Å²) in [5.41, 5.74) is 1.17. The normalized spacial score (nSPS) is 10.5. The molecule has 20 heavy (non-hydrogen) atoms. The first-order valence-corrected chi connectivity index (χ1v) is 7.69. The smallest absolute Gasteiger partial charge is 0.305 e. The predicted molar refractivity (Wildman–Crippen MR) is 80.8 cm³/mol. The lowest BCUT2D eigenvalue weighted by atomic mass is 10.1. The molecule has 1 aromatic rings. The van der Waals surface area contributed by atoms with Crippen LogP contribution in [0, 0.1) is 0 Å². The second-order valence-electron chi connectivity index (χ2n) is 4.90. The largest absolute Gasteiger partial charge is 0.466 e. The van der Waals surface area contributed by atoms with Crippen LogP contribution in [-0.2, 0) is 16.0 Å². The van der Waals surface area contributed by atoms with E-state index in [1.54, 1.807) is 0 Å². The highest BCUT2D eigenvalue weighted by molar-refractivity contribution is 5.69. The molecule has 5 nitrogen and oxygen atoms in total. The zero-order valence-electron chi connectivity index (χ0n) is 12.7. The Labute approximate surface area is 121 Å². The molecule has 5 heteroatoms. The van der Waals surface area contributed by atoms with E-state index in [0.29, 0.717) is 13.0 Å². The van der Waals surface area contributed by atoms with E-state index in [9.17, 15) is 4.79 Å². The van der Waals surface area contributed by atoms with Crippen molar-refractivity contribution in [1.29, 1.82) is 0 Å². The maximum atomic E-state index is 11.2. The summed E-state index contributed by atoms with van der Waals surface area (Å²) in [5.74, 6) is 0.657. The number of aromatic nitrogens is 2. The SMILES string of the molecule is CCCCCCc1cnc(NCCCC(=O)OCC)[nH]1. The van der Waals surface area contributed by atoms with E-state index in [4.69, 9.17) is 4.74 Å². The van der Waals surface area contributed by atoms with Gasteiger partial charge in [0.2, 0.25) is 0 Å². The van der Waals surface area contributed by atoms with E-state index in [2.05, 4.69) is 22.2 Å². The first kappa shape index (κ1) is 16.5. The van der Waals surface area contributed by atoms with Crippen molar-refractivity contribution in [3.63, 3.8) is 0 Å². The monoisotopic (exact) mass is 281 g/mol. The molecule has 0 bridgehead atoms. The molecule has 1 heterocycles. The molecule has 0 unspecified atom stereocenters. The van der Waals surface area contributed by atoms with Gasteiger partial charge in [0.25, 0.3) is 0 Å². The maximum Gasteiger partial charge on any atom is 0.305 e. The predicted octanol–water partition coefficient (Wildman–Crippen LogP) is 3.29. The third kappa shape index (κ3) is 7.16. The van der Waals surface area contributed by atoms with Crippen molar-refractivity contribution >= 4 is 11.9 Å². The van der Waals surface area contributed by atoms with E-state index in [0.717, 1.165) is 25.3 Å². The van der Waals surface area contributed by atoms with Crippen LogP contribution in [0.4, 0.5) is 5.95 Å². The van der Waals surface area contributed by atoms with Crippen LogP contribution < -0.4 is 5.32 Å². The van der Waals surface area contributed by atoms with Crippen LogP contribution in [0.25, 0.3) is 0 Å². The quantitative estimate of drug-likeness (QED) is 0.482. The standard InChI is InChI=1S/C15H27N3O2/c1-3-5-6-7-9-13-12-17-15(18-13)16-11-8-10-14(19)20-4-2/h12H,3-11H2,1-2H3,(H2,16,17,18). The molecule has 2 N–H and O–H groups in total. The van der Waals surface area contributed by atoms with Gasteiger partial charge < -0.3 is 15.0 Å². The number of aryl methyl sites for hydroxylation is 1. The Kier molecular flexibility index (Phi) is 8.51. The van der Waals surface area contributed by atoms with Crippen LogP contribution >= 0.6 is 0 Å². The van der Waals surface area contributed by atoms with E-state index >= 15 is 0 Å². The number of esters is 1. The van der Waals surface area contributed by atoms with Gasteiger partial charge >= 0.3 is 5.97 Å². The summed E-state index contributed by atoms with van der Waals surface area (Å²) in [7, 11) is 0. The molecular formula is C15H27N3O2. The van der Waals surface area contributed by atoms with Crippen molar-refractivity contribution < 1.29 is 9.53 Å². The lowest BCUT2D eigenvalue weighted by Crippen LogP contribution is -2.08. The number of carbonyl (C=O) groups excluding carboxylic acids is 1. The Morgan fingerprint density at radius 1 is 1.30 bits per heavy atom. The molecule has 114 valence electrons. The fourth-order valence-electron chi connectivity index (χ4n) is 1.99. The third-order valence-electron chi connectivity index (χ3n) is 3.08. The summed E-state index contributed by atoms with van der Waals surface area (Å²) < 4.78 is 4.87. The van der Waals surface area contributed by atoms with Crippen LogP contribution in [0.1, 0.15) is 58.1 Å². The van der Waals surface area contributed by atoms with Gasteiger partial charge in [-0.1, -0.05) is 26.2 Å². The summed E-state index contributed by atoms with van der Waals surface area (Å²) in [6, 6.07) is 0. The van der Waals surface area contributed by atoms with E-state index < -0.39 is 0 Å². The molecule has 0 saturated heterocycles. The number of nitrogens with zero attached hydrogens (tertiary/aromatic N) is 1. The van der Waals surface area contributed by atoms with Crippen molar-refractivity contribution in [2.24, 2.45) is 0 Å². The van der Waals surface area contributed by atoms with Crippen LogP contribution in [-0.4, -0.2) is 29.1 Å². The van der Waals surface area contributed by atoms with Crippen LogP contribution in [0.15, 0.2) is 6.20 Å². The number of imidazole rings is 1. The van der Waals surface area contributed by atoms with Gasteiger partial charge in [0.15, 0.2) is 5.95 Å². The number of hydrogen-bond acceptors (Lipinski definition) is 4. The molecule has 0 aromatic carbocycles. The molecular weight excluding hydrogens is 254 g/mol. The number of ether oxygens (including phenoxy) is 1. The van der Waals surface area contributed by atoms with Crippen molar-refractivity contribution in [3.8, 4) is 0 Å². The Balaban J connectivity index is 2.12. The fraction of sp³-hybridized carbons (Fsp3) is 0.733. The second-order valence-corrected chi connectivity index (χ2v) is 4.90. The first-order valence-electron chi connectivity index (χ1n) is 7.69. The number of unbranched alkanes of at least 4 members (excludes halogenated alkanes) is 3. The summed E-state index contributed by atoms with van der Waals surface area (Å²) in [6.45, 7) is 5.21. The highest BCUT2D eigenvalue weighted by atomic mass is 16.5. The lowest BCUT2D eigenvalue weighted by molar-refractivity contribution is -0.143. The highest BCUT2D eigenvalue weighted by Crippen LogP contribution is 2.08. The Morgan fingerprint density at radius 2 is 2.15 bits per heavy atom. The van der Waals surface area contributed by atoms with E-state index in [-0.39, 0.29) is 5.97 Å². The minimum Gasteiger partial charge on any atom is -0.466 e. The average Bonchev–Trinajstić information content (AvgIpc) is 2.88. The fourth-order valence-corrected chi connectivity index (χ4v) is 1.99. The molecule has 0 aliphatic carbocycles. The Hall–Kier alpha value is -1.52.